The third kappa shape index (κ3) is 1.84. The summed E-state index contributed by atoms with van der Waals surface area (Å²) < 4.78 is 0. The van der Waals surface area contributed by atoms with E-state index in [1.807, 2.05) is 30.9 Å². The van der Waals surface area contributed by atoms with Gasteiger partial charge in [0.1, 0.15) is 0 Å². The largest absolute Gasteiger partial charge is 0.324 e. The first-order chi connectivity index (χ1) is 8.10. The number of nitrogens with two attached hydrogens (primary N) is 1. The number of carbonyl (C=O) groups is 1. The van der Waals surface area contributed by atoms with Crippen LogP contribution in [0.4, 0.5) is 5.69 Å². The SMILES string of the molecule is CCC(N)c1ccc2c(c1)C(C)C(=O)N2CC. The van der Waals surface area contributed by atoms with Gasteiger partial charge in [0, 0.05) is 18.3 Å². The van der Waals surface area contributed by atoms with E-state index < -0.39 is 0 Å². The number of benzene rings is 1. The zero-order valence-electron chi connectivity index (χ0n) is 10.7. The van der Waals surface area contributed by atoms with Crippen molar-refractivity contribution in [2.75, 3.05) is 11.4 Å². The topological polar surface area (TPSA) is 46.3 Å². The molecule has 17 heavy (non-hydrogen) atoms. The molecule has 0 saturated carbocycles. The summed E-state index contributed by atoms with van der Waals surface area (Å²) in [7, 11) is 0. The van der Waals surface area contributed by atoms with Crippen LogP contribution in [-0.2, 0) is 4.79 Å². The second-order valence-electron chi connectivity index (χ2n) is 4.64. The Labute approximate surface area is 103 Å². The first kappa shape index (κ1) is 12.1. The normalized spacial score (nSPS) is 20.6. The van der Waals surface area contributed by atoms with Gasteiger partial charge in [-0.1, -0.05) is 19.1 Å². The van der Waals surface area contributed by atoms with Crippen LogP contribution >= 0.6 is 0 Å². The fourth-order valence-corrected chi connectivity index (χ4v) is 2.44. The highest BCUT2D eigenvalue weighted by molar-refractivity contribution is 6.04. The van der Waals surface area contributed by atoms with Crippen LogP contribution in [0.2, 0.25) is 0 Å². The molecule has 0 aromatic heterocycles. The Morgan fingerprint density at radius 3 is 2.71 bits per heavy atom. The quantitative estimate of drug-likeness (QED) is 0.870. The minimum Gasteiger partial charge on any atom is -0.324 e. The number of rotatable bonds is 3. The van der Waals surface area contributed by atoms with Gasteiger partial charge in [0.25, 0.3) is 0 Å². The van der Waals surface area contributed by atoms with E-state index in [4.69, 9.17) is 5.73 Å². The molecule has 3 nitrogen and oxygen atoms in total. The third-order valence-corrected chi connectivity index (χ3v) is 3.63. The molecular weight excluding hydrogens is 212 g/mol. The smallest absolute Gasteiger partial charge is 0.234 e. The lowest BCUT2D eigenvalue weighted by Crippen LogP contribution is -2.27. The molecular formula is C14H20N2O. The first-order valence-electron chi connectivity index (χ1n) is 6.30. The van der Waals surface area contributed by atoms with Gasteiger partial charge in [-0.2, -0.15) is 0 Å². The second kappa shape index (κ2) is 4.49. The molecule has 3 heteroatoms. The molecule has 0 fully saturated rings. The summed E-state index contributed by atoms with van der Waals surface area (Å²) in [6.45, 7) is 6.78. The number of hydrogen-bond donors (Lipinski definition) is 1. The molecule has 0 radical (unpaired) electrons. The van der Waals surface area contributed by atoms with Crippen LogP contribution in [0.3, 0.4) is 0 Å². The van der Waals surface area contributed by atoms with Crippen LogP contribution in [-0.4, -0.2) is 12.5 Å². The minimum atomic E-state index is -0.0334. The van der Waals surface area contributed by atoms with Crippen molar-refractivity contribution in [3.05, 3.63) is 29.3 Å². The Kier molecular flexibility index (Phi) is 3.20. The van der Waals surface area contributed by atoms with Gasteiger partial charge in [0.05, 0.1) is 5.92 Å². The second-order valence-corrected chi connectivity index (χ2v) is 4.64. The van der Waals surface area contributed by atoms with E-state index >= 15 is 0 Å². The molecule has 1 aromatic rings. The van der Waals surface area contributed by atoms with Gasteiger partial charge in [-0.3, -0.25) is 4.79 Å². The monoisotopic (exact) mass is 232 g/mol. The lowest BCUT2D eigenvalue weighted by molar-refractivity contribution is -0.118. The molecule has 0 saturated heterocycles. The molecule has 1 heterocycles. The Hall–Kier alpha value is -1.35. The van der Waals surface area contributed by atoms with Crippen LogP contribution in [0, 0.1) is 0 Å². The molecule has 0 aliphatic carbocycles. The van der Waals surface area contributed by atoms with Crippen molar-refractivity contribution in [3.8, 4) is 0 Å². The summed E-state index contributed by atoms with van der Waals surface area (Å²) in [5.74, 6) is 0.165. The Bertz CT molecular complexity index is 442. The van der Waals surface area contributed by atoms with E-state index in [-0.39, 0.29) is 17.9 Å². The summed E-state index contributed by atoms with van der Waals surface area (Å²) in [6, 6.07) is 6.24. The molecule has 0 spiro atoms. The van der Waals surface area contributed by atoms with E-state index in [1.54, 1.807) is 0 Å². The predicted octanol–water partition coefficient (Wildman–Crippen LogP) is 2.57. The van der Waals surface area contributed by atoms with Crippen LogP contribution < -0.4 is 10.6 Å². The number of fused-ring (bicyclic) bond motifs is 1. The summed E-state index contributed by atoms with van der Waals surface area (Å²) in [5.41, 5.74) is 9.34. The highest BCUT2D eigenvalue weighted by Gasteiger charge is 2.33. The predicted molar refractivity (Wildman–Crippen MR) is 70.1 cm³/mol. The van der Waals surface area contributed by atoms with Gasteiger partial charge >= 0.3 is 0 Å². The zero-order chi connectivity index (χ0) is 12.6. The molecule has 92 valence electrons. The molecule has 0 bridgehead atoms. The number of likely N-dealkylation sites (N-methyl/N-ethyl adjacent to an activating group) is 1. The van der Waals surface area contributed by atoms with Crippen LogP contribution in [0.5, 0.6) is 0 Å². The van der Waals surface area contributed by atoms with Crippen LogP contribution in [0.15, 0.2) is 18.2 Å². The molecule has 1 amide bonds. The molecule has 1 aliphatic rings. The summed E-state index contributed by atoms with van der Waals surface area (Å²) >= 11 is 0. The summed E-state index contributed by atoms with van der Waals surface area (Å²) in [5, 5.41) is 0. The van der Waals surface area contributed by atoms with Crippen molar-refractivity contribution in [3.63, 3.8) is 0 Å². The van der Waals surface area contributed by atoms with Gasteiger partial charge in [-0.05, 0) is 37.5 Å². The van der Waals surface area contributed by atoms with Crippen molar-refractivity contribution in [1.29, 1.82) is 0 Å². The van der Waals surface area contributed by atoms with Gasteiger partial charge in [-0.15, -0.1) is 0 Å². The molecule has 2 unspecified atom stereocenters. The Morgan fingerprint density at radius 2 is 2.12 bits per heavy atom. The van der Waals surface area contributed by atoms with Crippen molar-refractivity contribution < 1.29 is 4.79 Å². The molecule has 2 rings (SSSR count). The van der Waals surface area contributed by atoms with Crippen LogP contribution in [0.1, 0.15) is 50.3 Å². The lowest BCUT2D eigenvalue weighted by atomic mass is 9.97. The van der Waals surface area contributed by atoms with Gasteiger partial charge < -0.3 is 10.6 Å². The van der Waals surface area contributed by atoms with Crippen molar-refractivity contribution in [2.24, 2.45) is 5.73 Å². The average molecular weight is 232 g/mol. The van der Waals surface area contributed by atoms with Gasteiger partial charge in [-0.25, -0.2) is 0 Å². The number of amides is 1. The molecule has 2 N–H and O–H groups in total. The standard InChI is InChI=1S/C14H20N2O/c1-4-12(15)10-6-7-13-11(8-10)9(3)14(17)16(13)5-2/h6-9,12H,4-5,15H2,1-3H3. The zero-order valence-corrected chi connectivity index (χ0v) is 10.7. The fraction of sp³-hybridized carbons (Fsp3) is 0.500. The van der Waals surface area contributed by atoms with Crippen molar-refractivity contribution in [1.82, 2.24) is 0 Å². The maximum atomic E-state index is 12.0. The Morgan fingerprint density at radius 1 is 1.41 bits per heavy atom. The summed E-state index contributed by atoms with van der Waals surface area (Å²) in [4.78, 5) is 13.9. The summed E-state index contributed by atoms with van der Waals surface area (Å²) in [6.07, 6.45) is 0.915. The highest BCUT2D eigenvalue weighted by Crippen LogP contribution is 2.38. The van der Waals surface area contributed by atoms with E-state index in [2.05, 4.69) is 13.0 Å². The van der Waals surface area contributed by atoms with Crippen molar-refractivity contribution >= 4 is 11.6 Å². The maximum Gasteiger partial charge on any atom is 0.234 e. The van der Waals surface area contributed by atoms with Crippen LogP contribution in [0.25, 0.3) is 0 Å². The molecule has 2 atom stereocenters. The maximum absolute atomic E-state index is 12.0. The third-order valence-electron chi connectivity index (χ3n) is 3.63. The average Bonchev–Trinajstić information content (AvgIpc) is 2.60. The first-order valence-corrected chi connectivity index (χ1v) is 6.30. The number of nitrogens with zero attached hydrogens (tertiary/aromatic N) is 1. The minimum absolute atomic E-state index is 0.0334. The van der Waals surface area contributed by atoms with Gasteiger partial charge in [0.15, 0.2) is 0 Å². The van der Waals surface area contributed by atoms with Crippen molar-refractivity contribution in [2.45, 2.75) is 39.2 Å². The van der Waals surface area contributed by atoms with E-state index in [1.165, 1.54) is 0 Å². The molecule has 1 aromatic carbocycles. The number of anilines is 1. The van der Waals surface area contributed by atoms with E-state index in [9.17, 15) is 4.79 Å². The fourth-order valence-electron chi connectivity index (χ4n) is 2.44. The number of hydrogen-bond acceptors (Lipinski definition) is 2. The lowest BCUT2D eigenvalue weighted by Gasteiger charge is -2.16. The number of carbonyl (C=O) groups excluding carboxylic acids is 1. The van der Waals surface area contributed by atoms with Gasteiger partial charge in [0.2, 0.25) is 5.91 Å². The van der Waals surface area contributed by atoms with E-state index in [0.717, 1.165) is 29.8 Å². The molecule has 1 aliphatic heterocycles. The highest BCUT2D eigenvalue weighted by atomic mass is 16.2. The Balaban J connectivity index is 2.44. The van der Waals surface area contributed by atoms with E-state index in [0.29, 0.717) is 0 Å².